The van der Waals surface area contributed by atoms with Crippen LogP contribution in [0, 0.1) is 11.3 Å². The third-order valence-corrected chi connectivity index (χ3v) is 7.35. The Labute approximate surface area is 194 Å². The lowest BCUT2D eigenvalue weighted by atomic mass is 9.83. The van der Waals surface area contributed by atoms with Gasteiger partial charge in [0, 0.05) is 18.2 Å². The lowest BCUT2D eigenvalue weighted by Gasteiger charge is -2.34. The Bertz CT molecular complexity index is 878. The van der Waals surface area contributed by atoms with Crippen LogP contribution in [0.25, 0.3) is 0 Å². The fraction of sp³-hybridized carbons (Fsp3) is 0.552. The van der Waals surface area contributed by atoms with Gasteiger partial charge in [0.15, 0.2) is 0 Å². The molecular formula is C29H40N2O. The minimum absolute atomic E-state index is 0.263. The van der Waals surface area contributed by atoms with Gasteiger partial charge in [0.25, 0.3) is 0 Å². The van der Waals surface area contributed by atoms with Gasteiger partial charge in [-0.2, -0.15) is 0 Å². The van der Waals surface area contributed by atoms with Crippen LogP contribution in [0.3, 0.4) is 0 Å². The molecule has 1 amide bonds. The highest BCUT2D eigenvalue weighted by atomic mass is 16.2. The van der Waals surface area contributed by atoms with Crippen LogP contribution in [0.1, 0.15) is 76.3 Å². The average molecular weight is 433 g/mol. The summed E-state index contributed by atoms with van der Waals surface area (Å²) < 4.78 is 0. The molecule has 3 nitrogen and oxygen atoms in total. The van der Waals surface area contributed by atoms with Gasteiger partial charge in [-0.25, -0.2) is 0 Å². The molecule has 1 saturated heterocycles. The van der Waals surface area contributed by atoms with E-state index in [1.54, 1.807) is 0 Å². The molecule has 0 radical (unpaired) electrons. The number of benzene rings is 2. The number of likely N-dealkylation sites (tertiary alicyclic amines) is 1. The zero-order valence-electron chi connectivity index (χ0n) is 20.2. The van der Waals surface area contributed by atoms with Gasteiger partial charge in [-0.15, -0.1) is 0 Å². The highest BCUT2D eigenvalue weighted by molar-refractivity contribution is 5.96. The van der Waals surface area contributed by atoms with E-state index in [1.807, 2.05) is 0 Å². The van der Waals surface area contributed by atoms with E-state index in [2.05, 4.69) is 85.2 Å². The summed E-state index contributed by atoms with van der Waals surface area (Å²) >= 11 is 0. The second-order valence-corrected chi connectivity index (χ2v) is 11.0. The topological polar surface area (TPSA) is 23.6 Å². The number of rotatable bonds is 5. The third kappa shape index (κ3) is 5.81. The Kier molecular flexibility index (Phi) is 7.35. The van der Waals surface area contributed by atoms with Gasteiger partial charge in [0.2, 0.25) is 5.91 Å². The van der Waals surface area contributed by atoms with Crippen molar-refractivity contribution in [2.45, 2.75) is 65.2 Å². The molecule has 0 spiro atoms. The van der Waals surface area contributed by atoms with E-state index in [9.17, 15) is 4.79 Å². The number of hydrogen-bond donors (Lipinski definition) is 0. The molecule has 1 unspecified atom stereocenters. The number of para-hydroxylation sites is 1. The molecule has 0 bridgehead atoms. The monoisotopic (exact) mass is 432 g/mol. The summed E-state index contributed by atoms with van der Waals surface area (Å²) in [6.45, 7) is 10.5. The van der Waals surface area contributed by atoms with Crippen LogP contribution < -0.4 is 4.90 Å². The van der Waals surface area contributed by atoms with Gasteiger partial charge >= 0.3 is 0 Å². The summed E-state index contributed by atoms with van der Waals surface area (Å²) in [6.07, 6.45) is 7.21. The highest BCUT2D eigenvalue weighted by Crippen LogP contribution is 2.38. The third-order valence-electron chi connectivity index (χ3n) is 7.35. The van der Waals surface area contributed by atoms with Gasteiger partial charge < -0.3 is 4.90 Å². The molecule has 172 valence electrons. The molecule has 2 aliphatic rings. The molecule has 0 saturated carbocycles. The van der Waals surface area contributed by atoms with E-state index in [4.69, 9.17) is 0 Å². The molecule has 2 aliphatic heterocycles. The molecule has 4 rings (SSSR count). The minimum Gasteiger partial charge on any atom is -0.311 e. The van der Waals surface area contributed by atoms with Crippen LogP contribution in [-0.2, 0) is 4.79 Å². The smallest absolute Gasteiger partial charge is 0.241 e. The maximum absolute atomic E-state index is 13.4. The number of anilines is 1. The fourth-order valence-corrected chi connectivity index (χ4v) is 5.40. The molecule has 0 aliphatic carbocycles. The van der Waals surface area contributed by atoms with Crippen LogP contribution in [0.15, 0.2) is 54.6 Å². The van der Waals surface area contributed by atoms with E-state index < -0.39 is 0 Å². The Hall–Kier alpha value is -2.13. The second kappa shape index (κ2) is 10.2. The van der Waals surface area contributed by atoms with E-state index in [0.29, 0.717) is 17.9 Å². The summed E-state index contributed by atoms with van der Waals surface area (Å²) in [5, 5.41) is 0. The SMILES string of the molecule is CC(C)(C)CCC1CCN(CC(=O)N2CCCC(c3ccccc3)c3ccccc32)CC1. The first-order chi connectivity index (χ1) is 15.4. The van der Waals surface area contributed by atoms with E-state index in [0.717, 1.165) is 44.1 Å². The molecular weight excluding hydrogens is 392 g/mol. The summed E-state index contributed by atoms with van der Waals surface area (Å²) in [7, 11) is 0. The number of hydrogen-bond acceptors (Lipinski definition) is 2. The molecule has 2 aromatic carbocycles. The van der Waals surface area contributed by atoms with E-state index in [1.165, 1.54) is 36.8 Å². The molecule has 2 aromatic rings. The maximum atomic E-state index is 13.4. The Morgan fingerprint density at radius 3 is 2.31 bits per heavy atom. The molecule has 32 heavy (non-hydrogen) atoms. The molecule has 0 aromatic heterocycles. The van der Waals surface area contributed by atoms with Crippen LogP contribution in [0.4, 0.5) is 5.69 Å². The van der Waals surface area contributed by atoms with Crippen molar-refractivity contribution in [3.8, 4) is 0 Å². The number of fused-ring (bicyclic) bond motifs is 1. The van der Waals surface area contributed by atoms with Crippen molar-refractivity contribution in [3.05, 3.63) is 65.7 Å². The van der Waals surface area contributed by atoms with Crippen molar-refractivity contribution < 1.29 is 4.79 Å². The van der Waals surface area contributed by atoms with Gasteiger partial charge in [0.05, 0.1) is 6.54 Å². The average Bonchev–Trinajstić information content (AvgIpc) is 2.99. The molecule has 3 heteroatoms. The number of carbonyl (C=O) groups is 1. The quantitative estimate of drug-likeness (QED) is 0.539. The van der Waals surface area contributed by atoms with Crippen molar-refractivity contribution in [2.75, 3.05) is 31.1 Å². The first-order valence-corrected chi connectivity index (χ1v) is 12.6. The molecule has 1 atom stereocenters. The highest BCUT2D eigenvalue weighted by Gasteiger charge is 2.29. The van der Waals surface area contributed by atoms with Gasteiger partial charge in [0.1, 0.15) is 0 Å². The fourth-order valence-electron chi connectivity index (χ4n) is 5.40. The van der Waals surface area contributed by atoms with Crippen molar-refractivity contribution in [1.82, 2.24) is 4.90 Å². The van der Waals surface area contributed by atoms with Crippen molar-refractivity contribution in [1.29, 1.82) is 0 Å². The summed E-state index contributed by atoms with van der Waals surface area (Å²) in [6, 6.07) is 19.3. The number of piperidine rings is 1. The normalized spacial score (nSPS) is 20.6. The Morgan fingerprint density at radius 1 is 0.906 bits per heavy atom. The lowest BCUT2D eigenvalue weighted by Crippen LogP contribution is -2.44. The summed E-state index contributed by atoms with van der Waals surface area (Å²) in [5.41, 5.74) is 4.19. The van der Waals surface area contributed by atoms with E-state index in [-0.39, 0.29) is 5.91 Å². The van der Waals surface area contributed by atoms with Gasteiger partial charge in [-0.05, 0) is 80.1 Å². The predicted octanol–water partition coefficient (Wildman–Crippen LogP) is 6.48. The molecule has 2 heterocycles. The second-order valence-electron chi connectivity index (χ2n) is 11.0. The first-order valence-electron chi connectivity index (χ1n) is 12.6. The van der Waals surface area contributed by atoms with Crippen molar-refractivity contribution >= 4 is 11.6 Å². The Balaban J connectivity index is 1.40. The largest absolute Gasteiger partial charge is 0.311 e. The maximum Gasteiger partial charge on any atom is 0.241 e. The van der Waals surface area contributed by atoms with Crippen LogP contribution in [-0.4, -0.2) is 37.0 Å². The Morgan fingerprint density at radius 2 is 1.59 bits per heavy atom. The first kappa shape index (κ1) is 23.0. The zero-order chi connectivity index (χ0) is 22.6. The minimum atomic E-state index is 0.263. The summed E-state index contributed by atoms with van der Waals surface area (Å²) in [4.78, 5) is 17.9. The van der Waals surface area contributed by atoms with Crippen LogP contribution in [0.5, 0.6) is 0 Å². The van der Waals surface area contributed by atoms with Crippen molar-refractivity contribution in [3.63, 3.8) is 0 Å². The van der Waals surface area contributed by atoms with Gasteiger partial charge in [-0.3, -0.25) is 9.69 Å². The van der Waals surface area contributed by atoms with E-state index >= 15 is 0 Å². The zero-order valence-corrected chi connectivity index (χ0v) is 20.2. The number of carbonyl (C=O) groups excluding carboxylic acids is 1. The van der Waals surface area contributed by atoms with Crippen LogP contribution >= 0.6 is 0 Å². The lowest BCUT2D eigenvalue weighted by molar-refractivity contribution is -0.120. The number of nitrogens with zero attached hydrogens (tertiary/aromatic N) is 2. The summed E-state index contributed by atoms with van der Waals surface area (Å²) in [5.74, 6) is 1.45. The molecule has 1 fully saturated rings. The van der Waals surface area contributed by atoms with Gasteiger partial charge in [-0.1, -0.05) is 69.3 Å². The standard InChI is InChI=1S/C29H40N2O/c1-29(2,3)18-15-23-16-20-30(21-17-23)22-28(32)31-19-9-13-25(24-10-5-4-6-11-24)26-12-7-8-14-27(26)31/h4-8,10-12,14,23,25H,9,13,15-22H2,1-3H3. The van der Waals surface area contributed by atoms with Crippen molar-refractivity contribution in [2.24, 2.45) is 11.3 Å². The molecule has 0 N–H and O–H groups in total. The number of amides is 1. The predicted molar refractivity (Wildman–Crippen MR) is 134 cm³/mol. The van der Waals surface area contributed by atoms with Crippen LogP contribution in [0.2, 0.25) is 0 Å².